The largest absolute Gasteiger partial charge is 0.463 e. The van der Waals surface area contributed by atoms with Crippen molar-refractivity contribution in [2.45, 2.75) is 5.38 Å². The summed E-state index contributed by atoms with van der Waals surface area (Å²) in [7, 11) is 0. The summed E-state index contributed by atoms with van der Waals surface area (Å²) in [5, 5.41) is 0.0207. The Morgan fingerprint density at radius 1 is 0.966 bits per heavy atom. The van der Waals surface area contributed by atoms with E-state index in [4.69, 9.17) is 32.4 Å². The molecule has 0 fully saturated rings. The molecule has 29 heavy (non-hydrogen) atoms. The van der Waals surface area contributed by atoms with Gasteiger partial charge in [0.15, 0.2) is 10.8 Å². The predicted octanol–water partition coefficient (Wildman–Crippen LogP) is 6.00. The summed E-state index contributed by atoms with van der Waals surface area (Å²) in [6.45, 7) is 0. The van der Waals surface area contributed by atoms with Gasteiger partial charge < -0.3 is 9.15 Å². The zero-order valence-electron chi connectivity index (χ0n) is 15.0. The van der Waals surface area contributed by atoms with E-state index in [1.165, 1.54) is 18.4 Å². The van der Waals surface area contributed by atoms with Crippen molar-refractivity contribution in [3.8, 4) is 16.9 Å². The standard InChI is InChI=1S/C23H14Cl2O4/c24-16-8-6-14(7-9-16)19-13-28-20-12-17(10-11-18(20)22(19)26)29-23(27)21(25)15-4-2-1-3-5-15/h1-13,21H. The molecule has 0 aliphatic heterocycles. The normalized spacial score (nSPS) is 11.9. The quantitative estimate of drug-likeness (QED) is 0.229. The summed E-state index contributed by atoms with van der Waals surface area (Å²) in [5.74, 6) is -0.371. The van der Waals surface area contributed by atoms with Crippen molar-refractivity contribution in [2.24, 2.45) is 0 Å². The maximum absolute atomic E-state index is 12.8. The second-order valence-corrected chi connectivity index (χ2v) is 7.21. The maximum Gasteiger partial charge on any atom is 0.334 e. The first-order valence-electron chi connectivity index (χ1n) is 8.75. The van der Waals surface area contributed by atoms with E-state index >= 15 is 0 Å². The third-order valence-electron chi connectivity index (χ3n) is 4.42. The van der Waals surface area contributed by atoms with Crippen molar-refractivity contribution >= 4 is 40.1 Å². The van der Waals surface area contributed by atoms with Crippen LogP contribution in [0.2, 0.25) is 5.02 Å². The van der Waals surface area contributed by atoms with Crippen LogP contribution in [0.5, 0.6) is 5.75 Å². The molecule has 0 saturated carbocycles. The summed E-state index contributed by atoms with van der Waals surface area (Å²) < 4.78 is 11.0. The lowest BCUT2D eigenvalue weighted by atomic mass is 10.1. The number of alkyl halides is 1. The second kappa shape index (κ2) is 8.11. The highest BCUT2D eigenvalue weighted by atomic mass is 35.5. The highest BCUT2D eigenvalue weighted by Gasteiger charge is 2.20. The Labute approximate surface area is 176 Å². The number of carbonyl (C=O) groups is 1. The molecule has 4 nitrogen and oxygen atoms in total. The third kappa shape index (κ3) is 4.04. The number of hydrogen-bond donors (Lipinski definition) is 0. The first-order valence-corrected chi connectivity index (χ1v) is 9.56. The van der Waals surface area contributed by atoms with Gasteiger partial charge in [-0.25, -0.2) is 4.79 Å². The fraction of sp³-hybridized carbons (Fsp3) is 0.0435. The Morgan fingerprint density at radius 2 is 1.69 bits per heavy atom. The Balaban J connectivity index is 1.62. The number of halogens is 2. The molecule has 4 rings (SSSR count). The van der Waals surface area contributed by atoms with Gasteiger partial charge in [0, 0.05) is 11.1 Å². The molecule has 1 unspecified atom stereocenters. The molecule has 0 N–H and O–H groups in total. The van der Waals surface area contributed by atoms with Crippen molar-refractivity contribution in [3.05, 3.63) is 99.9 Å². The lowest BCUT2D eigenvalue weighted by molar-refractivity contribution is -0.134. The fourth-order valence-corrected chi connectivity index (χ4v) is 3.24. The minimum absolute atomic E-state index is 0.189. The number of hydrogen-bond acceptors (Lipinski definition) is 4. The van der Waals surface area contributed by atoms with Gasteiger partial charge in [0.1, 0.15) is 17.6 Å². The molecule has 4 aromatic rings. The molecule has 0 aliphatic carbocycles. The van der Waals surface area contributed by atoms with E-state index in [-0.39, 0.29) is 11.2 Å². The lowest BCUT2D eigenvalue weighted by Crippen LogP contribution is -2.14. The van der Waals surface area contributed by atoms with Crippen molar-refractivity contribution in [1.82, 2.24) is 0 Å². The molecule has 0 saturated heterocycles. The van der Waals surface area contributed by atoms with Crippen LogP contribution in [0, 0.1) is 0 Å². The number of ether oxygens (including phenoxy) is 1. The number of esters is 1. The zero-order chi connectivity index (χ0) is 20.4. The minimum Gasteiger partial charge on any atom is -0.463 e. The minimum atomic E-state index is -0.939. The SMILES string of the molecule is O=C(Oc1ccc2c(=O)c(-c3ccc(Cl)cc3)coc2c1)C(Cl)c1ccccc1. The first-order chi connectivity index (χ1) is 14.0. The molecule has 0 bridgehead atoms. The molecular formula is C23H14Cl2O4. The maximum atomic E-state index is 12.8. The van der Waals surface area contributed by atoms with E-state index in [1.54, 1.807) is 54.6 Å². The van der Waals surface area contributed by atoms with Crippen molar-refractivity contribution in [2.75, 3.05) is 0 Å². The van der Waals surface area contributed by atoms with Gasteiger partial charge >= 0.3 is 5.97 Å². The van der Waals surface area contributed by atoms with Crippen LogP contribution in [0.3, 0.4) is 0 Å². The van der Waals surface area contributed by atoms with Gasteiger partial charge in [0.05, 0.1) is 10.9 Å². The van der Waals surface area contributed by atoms with Crippen LogP contribution in [-0.2, 0) is 4.79 Å². The smallest absolute Gasteiger partial charge is 0.334 e. The van der Waals surface area contributed by atoms with E-state index in [1.807, 2.05) is 6.07 Å². The highest BCUT2D eigenvalue weighted by molar-refractivity contribution is 6.30. The summed E-state index contributed by atoms with van der Waals surface area (Å²) in [4.78, 5) is 25.1. The van der Waals surface area contributed by atoms with E-state index in [0.29, 0.717) is 32.7 Å². The molecule has 1 atom stereocenters. The van der Waals surface area contributed by atoms with Crippen molar-refractivity contribution in [1.29, 1.82) is 0 Å². The lowest BCUT2D eigenvalue weighted by Gasteiger charge is -2.10. The van der Waals surface area contributed by atoms with E-state index < -0.39 is 11.3 Å². The molecule has 0 spiro atoms. The van der Waals surface area contributed by atoms with Crippen LogP contribution in [0.1, 0.15) is 10.9 Å². The molecule has 0 aliphatic rings. The van der Waals surface area contributed by atoms with Crippen LogP contribution >= 0.6 is 23.2 Å². The number of carbonyl (C=O) groups excluding carboxylic acids is 1. The van der Waals surface area contributed by atoms with Gasteiger partial charge in [-0.05, 0) is 35.4 Å². The van der Waals surface area contributed by atoms with Gasteiger partial charge in [0.2, 0.25) is 0 Å². The van der Waals surface area contributed by atoms with E-state index in [9.17, 15) is 9.59 Å². The Morgan fingerprint density at radius 3 is 2.41 bits per heavy atom. The second-order valence-electron chi connectivity index (χ2n) is 6.34. The third-order valence-corrected chi connectivity index (χ3v) is 5.10. The summed E-state index contributed by atoms with van der Waals surface area (Å²) >= 11 is 12.1. The summed E-state index contributed by atoms with van der Waals surface area (Å²) in [6.07, 6.45) is 1.38. The van der Waals surface area contributed by atoms with Crippen molar-refractivity contribution < 1.29 is 13.9 Å². The Kier molecular flexibility index (Phi) is 5.38. The van der Waals surface area contributed by atoms with E-state index in [0.717, 1.165) is 0 Å². The highest BCUT2D eigenvalue weighted by Crippen LogP contribution is 2.27. The molecule has 1 aromatic heterocycles. The number of benzene rings is 3. The van der Waals surface area contributed by atoms with Gasteiger partial charge in [-0.1, -0.05) is 54.1 Å². The van der Waals surface area contributed by atoms with Gasteiger partial charge in [-0.2, -0.15) is 0 Å². The topological polar surface area (TPSA) is 56.5 Å². The zero-order valence-corrected chi connectivity index (χ0v) is 16.5. The van der Waals surface area contributed by atoms with Crippen LogP contribution < -0.4 is 10.2 Å². The van der Waals surface area contributed by atoms with Gasteiger partial charge in [0.25, 0.3) is 0 Å². The van der Waals surface area contributed by atoms with Gasteiger partial charge in [-0.3, -0.25) is 4.79 Å². The summed E-state index contributed by atoms with van der Waals surface area (Å²) in [5.41, 5.74) is 1.88. The monoisotopic (exact) mass is 424 g/mol. The van der Waals surface area contributed by atoms with Crippen molar-refractivity contribution in [3.63, 3.8) is 0 Å². The number of fused-ring (bicyclic) bond motifs is 1. The molecule has 1 heterocycles. The molecule has 0 radical (unpaired) electrons. The molecule has 0 amide bonds. The predicted molar refractivity (Wildman–Crippen MR) is 114 cm³/mol. The Bertz CT molecular complexity index is 1230. The molecular weight excluding hydrogens is 411 g/mol. The number of rotatable bonds is 4. The molecule has 6 heteroatoms. The fourth-order valence-electron chi connectivity index (χ4n) is 2.93. The van der Waals surface area contributed by atoms with Crippen LogP contribution in [-0.4, -0.2) is 5.97 Å². The van der Waals surface area contributed by atoms with Crippen LogP contribution in [0.25, 0.3) is 22.1 Å². The summed E-state index contributed by atoms with van der Waals surface area (Å²) in [6, 6.07) is 20.4. The Hall–Kier alpha value is -3.08. The van der Waals surface area contributed by atoms with Crippen LogP contribution in [0.15, 0.2) is 88.3 Å². The average molecular weight is 425 g/mol. The van der Waals surface area contributed by atoms with E-state index in [2.05, 4.69) is 0 Å². The molecule has 3 aromatic carbocycles. The van der Waals surface area contributed by atoms with Crippen LogP contribution in [0.4, 0.5) is 0 Å². The first kappa shape index (κ1) is 19.2. The average Bonchev–Trinajstić information content (AvgIpc) is 2.75. The van der Waals surface area contributed by atoms with Gasteiger partial charge in [-0.15, -0.1) is 11.6 Å². The molecule has 144 valence electrons.